The third-order valence-electron chi connectivity index (χ3n) is 1.96. The standard InChI is InChI=1S/C12H17FN2O3/c1-8(2)18-9-3-4-11(10(13)7-9)15-12(17)14-5-6-16/h3-4,7-8,16H,5-6H2,1-2H3,(H2,14,15,17). The molecule has 0 saturated heterocycles. The zero-order chi connectivity index (χ0) is 13.5. The van der Waals surface area contributed by atoms with Gasteiger partial charge in [0.25, 0.3) is 0 Å². The summed E-state index contributed by atoms with van der Waals surface area (Å²) in [5.41, 5.74) is 0.0570. The molecule has 2 amide bonds. The highest BCUT2D eigenvalue weighted by molar-refractivity contribution is 5.89. The van der Waals surface area contributed by atoms with Crippen LogP contribution in [0.2, 0.25) is 0 Å². The lowest BCUT2D eigenvalue weighted by molar-refractivity contribution is 0.241. The fourth-order valence-corrected chi connectivity index (χ4v) is 1.28. The van der Waals surface area contributed by atoms with Gasteiger partial charge in [-0.05, 0) is 26.0 Å². The van der Waals surface area contributed by atoms with Crippen LogP contribution in [-0.4, -0.2) is 30.4 Å². The van der Waals surface area contributed by atoms with Gasteiger partial charge in [-0.1, -0.05) is 0 Å². The van der Waals surface area contributed by atoms with Gasteiger partial charge in [-0.25, -0.2) is 9.18 Å². The van der Waals surface area contributed by atoms with Gasteiger partial charge >= 0.3 is 6.03 Å². The summed E-state index contributed by atoms with van der Waals surface area (Å²) >= 11 is 0. The summed E-state index contributed by atoms with van der Waals surface area (Å²) in [4.78, 5) is 11.3. The molecule has 0 fully saturated rings. The van der Waals surface area contributed by atoms with Crippen LogP contribution in [0.1, 0.15) is 13.8 Å². The maximum absolute atomic E-state index is 13.6. The predicted octanol–water partition coefficient (Wildman–Crippen LogP) is 1.73. The van der Waals surface area contributed by atoms with Gasteiger partial charge in [-0.15, -0.1) is 0 Å². The van der Waals surface area contributed by atoms with Crippen LogP contribution >= 0.6 is 0 Å². The maximum atomic E-state index is 13.6. The van der Waals surface area contributed by atoms with Crippen molar-refractivity contribution in [1.29, 1.82) is 0 Å². The molecule has 0 aliphatic rings. The van der Waals surface area contributed by atoms with Crippen LogP contribution in [0.5, 0.6) is 5.75 Å². The van der Waals surface area contributed by atoms with Gasteiger partial charge in [0.15, 0.2) is 0 Å². The van der Waals surface area contributed by atoms with E-state index in [1.165, 1.54) is 12.1 Å². The number of carbonyl (C=O) groups excluding carboxylic acids is 1. The third kappa shape index (κ3) is 4.58. The summed E-state index contributed by atoms with van der Waals surface area (Å²) in [7, 11) is 0. The van der Waals surface area contributed by atoms with Gasteiger partial charge in [0.05, 0.1) is 18.4 Å². The monoisotopic (exact) mass is 256 g/mol. The van der Waals surface area contributed by atoms with Crippen molar-refractivity contribution in [3.8, 4) is 5.75 Å². The van der Waals surface area contributed by atoms with E-state index >= 15 is 0 Å². The van der Waals surface area contributed by atoms with E-state index in [4.69, 9.17) is 9.84 Å². The topological polar surface area (TPSA) is 70.6 Å². The van der Waals surface area contributed by atoms with E-state index in [2.05, 4.69) is 10.6 Å². The molecule has 0 unspecified atom stereocenters. The molecule has 18 heavy (non-hydrogen) atoms. The van der Waals surface area contributed by atoms with Gasteiger partial charge in [0.2, 0.25) is 0 Å². The lowest BCUT2D eigenvalue weighted by Crippen LogP contribution is -2.31. The molecule has 1 aromatic rings. The number of hydrogen-bond acceptors (Lipinski definition) is 3. The highest BCUT2D eigenvalue weighted by atomic mass is 19.1. The predicted molar refractivity (Wildman–Crippen MR) is 66.3 cm³/mol. The Morgan fingerprint density at radius 1 is 1.50 bits per heavy atom. The van der Waals surface area contributed by atoms with Crippen molar-refractivity contribution in [2.75, 3.05) is 18.5 Å². The summed E-state index contributed by atoms with van der Waals surface area (Å²) in [6.07, 6.45) is -0.0453. The van der Waals surface area contributed by atoms with E-state index in [0.717, 1.165) is 0 Å². The van der Waals surface area contributed by atoms with E-state index < -0.39 is 11.8 Å². The van der Waals surface area contributed by atoms with Gasteiger partial charge in [0, 0.05) is 12.6 Å². The van der Waals surface area contributed by atoms with Gasteiger partial charge < -0.3 is 20.5 Å². The molecule has 1 aromatic carbocycles. The molecule has 5 nitrogen and oxygen atoms in total. The highest BCUT2D eigenvalue weighted by Gasteiger charge is 2.08. The molecule has 1 rings (SSSR count). The van der Waals surface area contributed by atoms with Crippen LogP contribution in [0.4, 0.5) is 14.9 Å². The van der Waals surface area contributed by atoms with Crippen LogP contribution in [0.25, 0.3) is 0 Å². The second-order valence-corrected chi connectivity index (χ2v) is 3.91. The maximum Gasteiger partial charge on any atom is 0.319 e. The highest BCUT2D eigenvalue weighted by Crippen LogP contribution is 2.21. The molecule has 0 aliphatic carbocycles. The summed E-state index contributed by atoms with van der Waals surface area (Å²) in [6.45, 7) is 3.62. The molecule has 0 atom stereocenters. The Hall–Kier alpha value is -1.82. The smallest absolute Gasteiger partial charge is 0.319 e. The molecule has 0 aliphatic heterocycles. The zero-order valence-electron chi connectivity index (χ0n) is 10.4. The van der Waals surface area contributed by atoms with Crippen molar-refractivity contribution in [2.24, 2.45) is 0 Å². The Balaban J connectivity index is 2.64. The molecule has 0 heterocycles. The lowest BCUT2D eigenvalue weighted by atomic mass is 10.3. The molecular weight excluding hydrogens is 239 g/mol. The van der Waals surface area contributed by atoms with Gasteiger partial charge in [-0.2, -0.15) is 0 Å². The average molecular weight is 256 g/mol. The number of anilines is 1. The Bertz CT molecular complexity index is 410. The number of carbonyl (C=O) groups is 1. The minimum absolute atomic E-state index is 0.0453. The SMILES string of the molecule is CC(C)Oc1ccc(NC(=O)NCCO)c(F)c1. The molecule has 0 saturated carbocycles. The van der Waals surface area contributed by atoms with Crippen molar-refractivity contribution < 1.29 is 19.0 Å². The molecule has 100 valence electrons. The first kappa shape index (κ1) is 14.2. The second kappa shape index (κ2) is 6.80. The van der Waals surface area contributed by atoms with E-state index in [-0.39, 0.29) is 24.9 Å². The number of urea groups is 1. The lowest BCUT2D eigenvalue weighted by Gasteiger charge is -2.12. The molecule has 3 N–H and O–H groups in total. The number of amides is 2. The van der Waals surface area contributed by atoms with Crippen molar-refractivity contribution in [3.63, 3.8) is 0 Å². The number of rotatable bonds is 5. The van der Waals surface area contributed by atoms with Gasteiger partial charge in [-0.3, -0.25) is 0 Å². The van der Waals surface area contributed by atoms with Crippen molar-refractivity contribution >= 4 is 11.7 Å². The van der Waals surface area contributed by atoms with Crippen molar-refractivity contribution in [3.05, 3.63) is 24.0 Å². The minimum atomic E-state index is -0.577. The first-order valence-electron chi connectivity index (χ1n) is 5.65. The molecule has 6 heteroatoms. The Labute approximate surface area is 105 Å². The third-order valence-corrected chi connectivity index (χ3v) is 1.96. The number of hydrogen-bond donors (Lipinski definition) is 3. The van der Waals surface area contributed by atoms with E-state index in [1.54, 1.807) is 6.07 Å². The molecule has 0 radical (unpaired) electrons. The van der Waals surface area contributed by atoms with Crippen LogP contribution in [0.3, 0.4) is 0 Å². The van der Waals surface area contributed by atoms with E-state index in [0.29, 0.717) is 5.75 Å². The van der Waals surface area contributed by atoms with Crippen molar-refractivity contribution in [1.82, 2.24) is 5.32 Å². The normalized spacial score (nSPS) is 10.3. The van der Waals surface area contributed by atoms with Crippen LogP contribution in [0, 0.1) is 5.82 Å². The summed E-state index contributed by atoms with van der Waals surface area (Å²) in [5, 5.41) is 13.2. The number of aliphatic hydroxyl groups is 1. The number of nitrogens with one attached hydrogen (secondary N) is 2. The Kier molecular flexibility index (Phi) is 5.38. The number of ether oxygens (including phenoxy) is 1. The van der Waals surface area contributed by atoms with Crippen molar-refractivity contribution in [2.45, 2.75) is 20.0 Å². The Morgan fingerprint density at radius 2 is 2.22 bits per heavy atom. The fraction of sp³-hybridized carbons (Fsp3) is 0.417. The minimum Gasteiger partial charge on any atom is -0.491 e. The second-order valence-electron chi connectivity index (χ2n) is 3.91. The van der Waals surface area contributed by atoms with Crippen LogP contribution in [-0.2, 0) is 0 Å². The summed E-state index contributed by atoms with van der Waals surface area (Å²) in [6, 6.07) is 3.64. The Morgan fingerprint density at radius 3 is 2.78 bits per heavy atom. The first-order chi connectivity index (χ1) is 8.52. The largest absolute Gasteiger partial charge is 0.491 e. The molecule has 0 aromatic heterocycles. The number of benzene rings is 1. The van der Waals surface area contributed by atoms with E-state index in [9.17, 15) is 9.18 Å². The molecular formula is C12H17FN2O3. The van der Waals surface area contributed by atoms with E-state index in [1.807, 2.05) is 13.8 Å². The average Bonchev–Trinajstić information content (AvgIpc) is 2.29. The fourth-order valence-electron chi connectivity index (χ4n) is 1.28. The van der Waals surface area contributed by atoms with Crippen LogP contribution < -0.4 is 15.4 Å². The number of aliphatic hydroxyl groups excluding tert-OH is 1. The van der Waals surface area contributed by atoms with Gasteiger partial charge in [0.1, 0.15) is 11.6 Å². The van der Waals surface area contributed by atoms with Crippen LogP contribution in [0.15, 0.2) is 18.2 Å². The summed E-state index contributed by atoms with van der Waals surface area (Å²) in [5.74, 6) is -0.170. The first-order valence-corrected chi connectivity index (χ1v) is 5.65. The molecule has 0 bridgehead atoms. The zero-order valence-corrected chi connectivity index (χ0v) is 10.4. The molecule has 0 spiro atoms. The summed E-state index contributed by atoms with van der Waals surface area (Å²) < 4.78 is 18.9. The number of halogens is 1. The quantitative estimate of drug-likeness (QED) is 0.751.